The van der Waals surface area contributed by atoms with Gasteiger partial charge in [0.05, 0.1) is 6.61 Å². The highest BCUT2D eigenvalue weighted by molar-refractivity contribution is 7.99. The highest BCUT2D eigenvalue weighted by Crippen LogP contribution is 2.12. The first-order chi connectivity index (χ1) is 7.67. The second kappa shape index (κ2) is 7.14. The van der Waals surface area contributed by atoms with Crippen LogP contribution >= 0.6 is 11.8 Å². The maximum absolute atomic E-state index is 11.9. The second-order valence-corrected chi connectivity index (χ2v) is 5.47. The monoisotopic (exact) mass is 246 g/mol. The first-order valence-corrected chi connectivity index (χ1v) is 7.10. The van der Waals surface area contributed by atoms with Crippen LogP contribution in [0.15, 0.2) is 0 Å². The minimum absolute atomic E-state index is 0.206. The van der Waals surface area contributed by atoms with Gasteiger partial charge < -0.3 is 10.0 Å². The van der Waals surface area contributed by atoms with Crippen molar-refractivity contribution in [1.29, 1.82) is 0 Å². The third-order valence-electron chi connectivity index (χ3n) is 3.01. The number of amides is 1. The van der Waals surface area contributed by atoms with E-state index in [9.17, 15) is 4.79 Å². The summed E-state index contributed by atoms with van der Waals surface area (Å²) in [5, 5.41) is 9.23. The van der Waals surface area contributed by atoms with Crippen molar-refractivity contribution >= 4 is 17.7 Å². The first-order valence-electron chi connectivity index (χ1n) is 5.81. The standard InChI is InChI=1S/C11H22N2O2S/c1-10(16-2)9-11(15)13-5-3-12(4-6-13)7-8-14/h10,14H,3-9H2,1-2H3. The number of carbonyl (C=O) groups is 1. The molecule has 0 saturated carbocycles. The molecule has 1 amide bonds. The van der Waals surface area contributed by atoms with Gasteiger partial charge in [0.25, 0.3) is 0 Å². The van der Waals surface area contributed by atoms with Crippen molar-refractivity contribution in [1.82, 2.24) is 9.80 Å². The Labute approximate surface area is 102 Å². The van der Waals surface area contributed by atoms with Gasteiger partial charge in [-0.25, -0.2) is 0 Å². The molecule has 1 aliphatic rings. The average molecular weight is 246 g/mol. The van der Waals surface area contributed by atoms with E-state index in [0.29, 0.717) is 11.7 Å². The molecule has 0 radical (unpaired) electrons. The highest BCUT2D eigenvalue weighted by Gasteiger charge is 2.21. The van der Waals surface area contributed by atoms with E-state index in [1.54, 1.807) is 11.8 Å². The van der Waals surface area contributed by atoms with Crippen LogP contribution in [0.3, 0.4) is 0 Å². The Morgan fingerprint density at radius 2 is 2.00 bits per heavy atom. The molecule has 1 atom stereocenters. The van der Waals surface area contributed by atoms with E-state index in [-0.39, 0.29) is 12.5 Å². The maximum atomic E-state index is 11.9. The predicted octanol–water partition coefficient (Wildman–Crippen LogP) is 0.265. The summed E-state index contributed by atoms with van der Waals surface area (Å²) in [5.74, 6) is 0.269. The molecule has 1 N–H and O–H groups in total. The fraction of sp³-hybridized carbons (Fsp3) is 0.909. The van der Waals surface area contributed by atoms with Crippen LogP contribution in [-0.2, 0) is 4.79 Å². The van der Waals surface area contributed by atoms with Crippen molar-refractivity contribution in [2.45, 2.75) is 18.6 Å². The molecule has 5 heteroatoms. The number of thioether (sulfide) groups is 1. The molecular weight excluding hydrogens is 224 g/mol. The lowest BCUT2D eigenvalue weighted by Crippen LogP contribution is -2.49. The number of rotatable bonds is 5. The third kappa shape index (κ3) is 4.31. The van der Waals surface area contributed by atoms with Gasteiger partial charge in [-0.2, -0.15) is 11.8 Å². The largest absolute Gasteiger partial charge is 0.395 e. The molecule has 1 rings (SSSR count). The van der Waals surface area contributed by atoms with Crippen molar-refractivity contribution in [2.24, 2.45) is 0 Å². The zero-order valence-electron chi connectivity index (χ0n) is 10.2. The number of piperazine rings is 1. The topological polar surface area (TPSA) is 43.8 Å². The molecule has 1 unspecified atom stereocenters. The summed E-state index contributed by atoms with van der Waals surface area (Å²) in [6.45, 7) is 6.41. The van der Waals surface area contributed by atoms with Crippen molar-refractivity contribution in [3.05, 3.63) is 0 Å². The summed E-state index contributed by atoms with van der Waals surface area (Å²) in [6.07, 6.45) is 2.68. The minimum atomic E-state index is 0.206. The number of aliphatic hydroxyl groups excluding tert-OH is 1. The molecule has 1 aliphatic heterocycles. The first kappa shape index (κ1) is 13.8. The van der Waals surface area contributed by atoms with E-state index in [0.717, 1.165) is 32.7 Å². The van der Waals surface area contributed by atoms with E-state index in [1.165, 1.54) is 0 Å². The van der Waals surface area contributed by atoms with Gasteiger partial charge >= 0.3 is 0 Å². The van der Waals surface area contributed by atoms with Crippen LogP contribution in [-0.4, -0.2) is 71.6 Å². The predicted molar refractivity (Wildman–Crippen MR) is 67.7 cm³/mol. The molecule has 0 spiro atoms. The third-order valence-corrected chi connectivity index (χ3v) is 3.98. The van der Waals surface area contributed by atoms with Crippen LogP contribution in [0.4, 0.5) is 0 Å². The lowest BCUT2D eigenvalue weighted by Gasteiger charge is -2.34. The molecule has 1 fully saturated rings. The van der Waals surface area contributed by atoms with Crippen LogP contribution in [0.1, 0.15) is 13.3 Å². The number of aliphatic hydroxyl groups is 1. The maximum Gasteiger partial charge on any atom is 0.223 e. The molecule has 0 bridgehead atoms. The Kier molecular flexibility index (Phi) is 6.16. The number of nitrogens with zero attached hydrogens (tertiary/aromatic N) is 2. The van der Waals surface area contributed by atoms with Gasteiger partial charge in [0.2, 0.25) is 5.91 Å². The Bertz CT molecular complexity index is 218. The second-order valence-electron chi connectivity index (χ2n) is 4.20. The van der Waals surface area contributed by atoms with Gasteiger partial charge in [0.1, 0.15) is 0 Å². The molecule has 1 saturated heterocycles. The summed E-state index contributed by atoms with van der Waals surface area (Å²) >= 11 is 1.73. The van der Waals surface area contributed by atoms with E-state index in [4.69, 9.17) is 5.11 Å². The van der Waals surface area contributed by atoms with Crippen molar-refractivity contribution < 1.29 is 9.90 Å². The van der Waals surface area contributed by atoms with Crippen molar-refractivity contribution in [3.63, 3.8) is 0 Å². The van der Waals surface area contributed by atoms with E-state index in [1.807, 2.05) is 11.2 Å². The van der Waals surface area contributed by atoms with Gasteiger partial charge in [0.15, 0.2) is 0 Å². The van der Waals surface area contributed by atoms with Gasteiger partial charge in [-0.1, -0.05) is 6.92 Å². The number of hydrogen-bond donors (Lipinski definition) is 1. The van der Waals surface area contributed by atoms with Gasteiger partial charge in [-0.05, 0) is 6.26 Å². The summed E-state index contributed by atoms with van der Waals surface area (Å²) in [7, 11) is 0. The Hall–Kier alpha value is -0.260. The van der Waals surface area contributed by atoms with E-state index >= 15 is 0 Å². The molecule has 94 valence electrons. The Morgan fingerprint density at radius 1 is 1.38 bits per heavy atom. The van der Waals surface area contributed by atoms with Crippen LogP contribution < -0.4 is 0 Å². The molecule has 0 aromatic heterocycles. The van der Waals surface area contributed by atoms with Crippen LogP contribution in [0, 0.1) is 0 Å². The lowest BCUT2D eigenvalue weighted by atomic mass is 10.2. The smallest absolute Gasteiger partial charge is 0.223 e. The van der Waals surface area contributed by atoms with Crippen LogP contribution in [0.2, 0.25) is 0 Å². The van der Waals surface area contributed by atoms with E-state index < -0.39 is 0 Å². The average Bonchev–Trinajstić information content (AvgIpc) is 2.30. The fourth-order valence-corrected chi connectivity index (χ4v) is 2.13. The lowest BCUT2D eigenvalue weighted by molar-refractivity contribution is -0.132. The summed E-state index contributed by atoms with van der Waals surface area (Å²) in [4.78, 5) is 16.0. The minimum Gasteiger partial charge on any atom is -0.395 e. The summed E-state index contributed by atoms with van der Waals surface area (Å²) < 4.78 is 0. The van der Waals surface area contributed by atoms with E-state index in [2.05, 4.69) is 11.8 Å². The molecular formula is C11H22N2O2S. The number of hydrogen-bond acceptors (Lipinski definition) is 4. The van der Waals surface area contributed by atoms with Gasteiger partial charge in [-0.15, -0.1) is 0 Å². The van der Waals surface area contributed by atoms with Crippen molar-refractivity contribution in [2.75, 3.05) is 45.6 Å². The van der Waals surface area contributed by atoms with Crippen molar-refractivity contribution in [3.8, 4) is 0 Å². The molecule has 0 aliphatic carbocycles. The zero-order valence-corrected chi connectivity index (χ0v) is 11.0. The quantitative estimate of drug-likeness (QED) is 0.756. The molecule has 0 aromatic rings. The molecule has 0 aromatic carbocycles. The zero-order chi connectivity index (χ0) is 12.0. The van der Waals surface area contributed by atoms with Crippen LogP contribution in [0.25, 0.3) is 0 Å². The Morgan fingerprint density at radius 3 is 2.50 bits per heavy atom. The SMILES string of the molecule is CSC(C)CC(=O)N1CCN(CCO)CC1. The van der Waals surface area contributed by atoms with Crippen LogP contribution in [0.5, 0.6) is 0 Å². The summed E-state index contributed by atoms with van der Waals surface area (Å²) in [6, 6.07) is 0. The summed E-state index contributed by atoms with van der Waals surface area (Å²) in [5.41, 5.74) is 0. The van der Waals surface area contributed by atoms with Gasteiger partial charge in [0, 0.05) is 44.4 Å². The normalized spacial score (nSPS) is 19.8. The molecule has 16 heavy (non-hydrogen) atoms. The fourth-order valence-electron chi connectivity index (χ4n) is 1.82. The molecule has 1 heterocycles. The molecule has 4 nitrogen and oxygen atoms in total. The van der Waals surface area contributed by atoms with Gasteiger partial charge in [-0.3, -0.25) is 9.69 Å². The number of carbonyl (C=O) groups excluding carboxylic acids is 1. The highest BCUT2D eigenvalue weighted by atomic mass is 32.2. The number of β-amino-alcohol motifs (C(OH)–C–C–N with tert-alkyl or cyclic N) is 1. The Balaban J connectivity index is 2.27.